The van der Waals surface area contributed by atoms with E-state index in [1.165, 1.54) is 29.2 Å². The van der Waals surface area contributed by atoms with Gasteiger partial charge in [0.1, 0.15) is 16.2 Å². The number of halogens is 2. The lowest BCUT2D eigenvalue weighted by Crippen LogP contribution is -2.53. The van der Waals surface area contributed by atoms with Crippen molar-refractivity contribution in [2.45, 2.75) is 42.5 Å². The SMILES string of the molecule is CS(=O)(=O)Cc1ccc2c(c1)S(=O)(=O)N=C(C1=C(O)C3C([C@H]4CC[C@@H]3C4)N(Cc3ccc(F)c(F)c3)C1=O)N2. The fraction of sp³-hybridized carbons (Fsp3) is 0.385. The van der Waals surface area contributed by atoms with E-state index in [9.17, 15) is 35.5 Å². The van der Waals surface area contributed by atoms with Gasteiger partial charge in [-0.2, -0.15) is 8.42 Å². The molecule has 6 rings (SSSR count). The van der Waals surface area contributed by atoms with Crippen molar-refractivity contribution in [3.05, 3.63) is 70.5 Å². The average Bonchev–Trinajstić information content (AvgIpc) is 3.46. The lowest BCUT2D eigenvalue weighted by molar-refractivity contribution is -0.134. The van der Waals surface area contributed by atoms with Crippen LogP contribution in [0.25, 0.3) is 0 Å². The number of sulfonamides is 1. The molecule has 4 aliphatic rings. The number of aliphatic hydroxyl groups excluding tert-OH is 1. The maximum absolute atomic E-state index is 14.0. The molecule has 2 aliphatic heterocycles. The van der Waals surface area contributed by atoms with Crippen LogP contribution in [-0.4, -0.2) is 50.9 Å². The second-order valence-electron chi connectivity index (χ2n) is 10.7. The van der Waals surface area contributed by atoms with E-state index in [1.807, 2.05) is 0 Å². The lowest BCUT2D eigenvalue weighted by Gasteiger charge is -2.44. The van der Waals surface area contributed by atoms with Gasteiger partial charge in [-0.3, -0.25) is 4.79 Å². The van der Waals surface area contributed by atoms with E-state index < -0.39 is 43.3 Å². The Labute approximate surface area is 224 Å². The summed E-state index contributed by atoms with van der Waals surface area (Å²) in [4.78, 5) is 15.2. The predicted octanol–water partition coefficient (Wildman–Crippen LogP) is 3.29. The van der Waals surface area contributed by atoms with Crippen molar-refractivity contribution < 1.29 is 35.5 Å². The molecule has 0 aromatic heterocycles. The Kier molecular flexibility index (Phi) is 5.88. The Balaban J connectivity index is 1.41. The minimum atomic E-state index is -4.36. The highest BCUT2D eigenvalue weighted by molar-refractivity contribution is 7.90. The van der Waals surface area contributed by atoms with E-state index in [4.69, 9.17) is 0 Å². The fourth-order valence-electron chi connectivity index (χ4n) is 6.59. The summed E-state index contributed by atoms with van der Waals surface area (Å²) in [5, 5.41) is 14.2. The number of hydrogen-bond acceptors (Lipinski definition) is 7. The van der Waals surface area contributed by atoms with Gasteiger partial charge in [0.05, 0.1) is 11.4 Å². The van der Waals surface area contributed by atoms with Crippen LogP contribution in [0, 0.1) is 29.4 Å². The van der Waals surface area contributed by atoms with Crippen LogP contribution in [0.2, 0.25) is 0 Å². The minimum absolute atomic E-state index is 0.0529. The van der Waals surface area contributed by atoms with E-state index >= 15 is 0 Å². The maximum Gasteiger partial charge on any atom is 0.286 e. The summed E-state index contributed by atoms with van der Waals surface area (Å²) in [5.74, 6) is -3.87. The third-order valence-electron chi connectivity index (χ3n) is 8.07. The Morgan fingerprint density at radius 3 is 2.51 bits per heavy atom. The largest absolute Gasteiger partial charge is 0.511 e. The van der Waals surface area contributed by atoms with Crippen molar-refractivity contribution in [3.63, 3.8) is 0 Å². The molecule has 9 nitrogen and oxygen atoms in total. The van der Waals surface area contributed by atoms with Crippen LogP contribution in [0.4, 0.5) is 14.5 Å². The molecule has 39 heavy (non-hydrogen) atoms. The molecule has 2 bridgehead atoms. The highest BCUT2D eigenvalue weighted by Crippen LogP contribution is 2.55. The van der Waals surface area contributed by atoms with Crippen LogP contribution in [-0.2, 0) is 37.0 Å². The maximum atomic E-state index is 14.0. The van der Waals surface area contributed by atoms with Crippen LogP contribution in [0.5, 0.6) is 0 Å². The van der Waals surface area contributed by atoms with Crippen LogP contribution < -0.4 is 5.32 Å². The van der Waals surface area contributed by atoms with Crippen molar-refractivity contribution in [3.8, 4) is 0 Å². The number of rotatable bonds is 5. The molecule has 0 saturated heterocycles. The van der Waals surface area contributed by atoms with Gasteiger partial charge in [0.25, 0.3) is 15.9 Å². The topological polar surface area (TPSA) is 133 Å². The Hall–Kier alpha value is -3.32. The standard InChI is InChI=1S/C26H25F2N3O6S2/c1-38(34,35)12-14-3-7-19-20(9-14)39(36,37)30-25(29-19)22-24(32)21-15-4-5-16(10-15)23(21)31(26(22)33)11-13-2-6-17(27)18(28)8-13/h2-3,6-9,15-16,21,23,32H,4-5,10-12H2,1H3,(H,29,30)/t15-,16+,21?,23?/m1/s1. The molecule has 2 saturated carbocycles. The van der Waals surface area contributed by atoms with Crippen LogP contribution >= 0.6 is 0 Å². The number of hydrogen-bond donors (Lipinski definition) is 2. The Morgan fingerprint density at radius 2 is 1.79 bits per heavy atom. The molecule has 2 N–H and O–H groups in total. The van der Waals surface area contributed by atoms with Crippen molar-refractivity contribution >= 4 is 37.3 Å². The lowest BCUT2D eigenvalue weighted by atomic mass is 9.77. The van der Waals surface area contributed by atoms with E-state index in [2.05, 4.69) is 9.71 Å². The second kappa shape index (κ2) is 8.85. The normalized spacial score (nSPS) is 27.2. The van der Waals surface area contributed by atoms with Gasteiger partial charge in [-0.15, -0.1) is 4.40 Å². The number of nitrogens with one attached hydrogen (secondary N) is 1. The van der Waals surface area contributed by atoms with Gasteiger partial charge in [0.2, 0.25) is 0 Å². The summed E-state index contributed by atoms with van der Waals surface area (Å²) >= 11 is 0. The molecule has 4 atom stereocenters. The number of carbonyl (C=O) groups excluding carboxylic acids is 1. The first-order valence-corrected chi connectivity index (χ1v) is 15.9. The number of nitrogens with zero attached hydrogens (tertiary/aromatic N) is 2. The molecule has 0 radical (unpaired) electrons. The van der Waals surface area contributed by atoms with Gasteiger partial charge < -0.3 is 15.3 Å². The molecule has 13 heteroatoms. The molecule has 1 amide bonds. The molecular formula is C26H25F2N3O6S2. The zero-order chi connectivity index (χ0) is 27.9. The molecular weight excluding hydrogens is 552 g/mol. The summed E-state index contributed by atoms with van der Waals surface area (Å²) in [5.41, 5.74) is 0.437. The monoisotopic (exact) mass is 577 g/mol. The van der Waals surface area contributed by atoms with Crippen molar-refractivity contribution in [2.24, 2.45) is 22.2 Å². The Bertz CT molecular complexity index is 1700. The van der Waals surface area contributed by atoms with Crippen molar-refractivity contribution in [2.75, 3.05) is 11.6 Å². The van der Waals surface area contributed by atoms with E-state index in [1.54, 1.807) is 0 Å². The molecule has 206 valence electrons. The van der Waals surface area contributed by atoms with E-state index in [0.29, 0.717) is 5.56 Å². The second-order valence-corrected chi connectivity index (χ2v) is 14.4. The van der Waals surface area contributed by atoms with E-state index in [0.717, 1.165) is 37.7 Å². The number of benzene rings is 2. The fourth-order valence-corrected chi connectivity index (χ4v) is 8.55. The van der Waals surface area contributed by atoms with Gasteiger partial charge in [0, 0.05) is 24.8 Å². The van der Waals surface area contributed by atoms with Crippen LogP contribution in [0.15, 0.2) is 57.0 Å². The molecule has 2 unspecified atom stereocenters. The van der Waals surface area contributed by atoms with Crippen LogP contribution in [0.3, 0.4) is 0 Å². The Morgan fingerprint density at radius 1 is 1.08 bits per heavy atom. The number of amides is 1. The smallest absolute Gasteiger partial charge is 0.286 e. The number of fused-ring (bicyclic) bond motifs is 6. The first-order valence-electron chi connectivity index (χ1n) is 12.4. The van der Waals surface area contributed by atoms with Gasteiger partial charge in [-0.25, -0.2) is 17.2 Å². The number of sulfone groups is 1. The van der Waals surface area contributed by atoms with Crippen LogP contribution in [0.1, 0.15) is 30.4 Å². The third-order valence-corrected chi connectivity index (χ3v) is 10.2. The highest BCUT2D eigenvalue weighted by atomic mass is 32.2. The first-order chi connectivity index (χ1) is 18.3. The van der Waals surface area contributed by atoms with Gasteiger partial charge in [-0.1, -0.05) is 12.1 Å². The molecule has 2 aromatic rings. The zero-order valence-electron chi connectivity index (χ0n) is 20.8. The minimum Gasteiger partial charge on any atom is -0.511 e. The summed E-state index contributed by atoms with van der Waals surface area (Å²) in [6, 6.07) is 7.11. The quantitative estimate of drug-likeness (QED) is 0.557. The average molecular weight is 578 g/mol. The molecule has 2 heterocycles. The molecule has 2 aromatic carbocycles. The number of aliphatic hydroxyl groups is 1. The van der Waals surface area contributed by atoms with E-state index in [-0.39, 0.29) is 63.5 Å². The number of amidine groups is 1. The summed E-state index contributed by atoms with van der Waals surface area (Å²) in [6.45, 7) is -0.0529. The third kappa shape index (κ3) is 4.41. The van der Waals surface area contributed by atoms with Crippen molar-refractivity contribution in [1.29, 1.82) is 0 Å². The van der Waals surface area contributed by atoms with Gasteiger partial charge >= 0.3 is 0 Å². The molecule has 2 aliphatic carbocycles. The molecule has 2 fully saturated rings. The van der Waals surface area contributed by atoms with Gasteiger partial charge in [0.15, 0.2) is 27.3 Å². The first kappa shape index (κ1) is 25.9. The summed E-state index contributed by atoms with van der Waals surface area (Å²) in [7, 11) is -7.78. The summed E-state index contributed by atoms with van der Waals surface area (Å²) in [6.07, 6.45) is 3.54. The van der Waals surface area contributed by atoms with Crippen molar-refractivity contribution in [1.82, 2.24) is 4.90 Å². The highest BCUT2D eigenvalue weighted by Gasteiger charge is 2.57. The summed E-state index contributed by atoms with van der Waals surface area (Å²) < 4.78 is 81.1. The van der Waals surface area contributed by atoms with Gasteiger partial charge in [-0.05, 0) is 66.5 Å². The zero-order valence-corrected chi connectivity index (χ0v) is 22.4. The number of anilines is 1. The number of carbonyl (C=O) groups is 1. The molecule has 0 spiro atoms. The predicted molar refractivity (Wildman–Crippen MR) is 138 cm³/mol.